The maximum absolute atomic E-state index is 12.8. The number of likely N-dealkylation sites (tertiary alicyclic amines) is 1. The molecule has 3 rings (SSSR count). The molecule has 1 unspecified atom stereocenters. The lowest BCUT2D eigenvalue weighted by Gasteiger charge is -2.30. The Labute approximate surface area is 195 Å². The van der Waals surface area contributed by atoms with E-state index in [0.717, 1.165) is 32.4 Å². The predicted molar refractivity (Wildman–Crippen MR) is 132 cm³/mol. The molecule has 0 spiro atoms. The van der Waals surface area contributed by atoms with Crippen LogP contribution in [0.25, 0.3) is 0 Å². The summed E-state index contributed by atoms with van der Waals surface area (Å²) >= 11 is 0. The molecule has 2 aromatic carbocycles. The lowest BCUT2D eigenvalue weighted by Crippen LogP contribution is -2.37. The Hall–Kier alpha value is -3.35. The van der Waals surface area contributed by atoms with Crippen LogP contribution in [0.1, 0.15) is 60.7 Å². The largest absolute Gasteiger partial charge is 0.376 e. The van der Waals surface area contributed by atoms with Crippen molar-refractivity contribution in [3.8, 4) is 0 Å². The number of piperidine rings is 1. The molecule has 7 nitrogen and oxygen atoms in total. The van der Waals surface area contributed by atoms with Crippen LogP contribution in [0, 0.1) is 5.92 Å². The average molecular weight is 451 g/mol. The summed E-state index contributed by atoms with van der Waals surface area (Å²) in [7, 11) is 0. The van der Waals surface area contributed by atoms with Gasteiger partial charge in [-0.1, -0.05) is 26.0 Å². The minimum Gasteiger partial charge on any atom is -0.376 e. The number of anilines is 2. The van der Waals surface area contributed by atoms with E-state index in [0.29, 0.717) is 28.4 Å². The third-order valence-electron chi connectivity index (χ3n) is 6.03. The molecule has 0 aliphatic carbocycles. The highest BCUT2D eigenvalue weighted by Crippen LogP contribution is 2.19. The third-order valence-corrected chi connectivity index (χ3v) is 6.03. The number of nitrogens with zero attached hydrogens (tertiary/aromatic N) is 1. The van der Waals surface area contributed by atoms with Gasteiger partial charge in [-0.05, 0) is 68.5 Å². The van der Waals surface area contributed by atoms with Gasteiger partial charge < -0.3 is 20.9 Å². The molecule has 1 heterocycles. The van der Waals surface area contributed by atoms with Crippen molar-refractivity contribution in [2.45, 2.75) is 46.1 Å². The second-order valence-corrected chi connectivity index (χ2v) is 8.82. The maximum atomic E-state index is 12.8. The molecule has 1 atom stereocenters. The number of rotatable bonds is 8. The van der Waals surface area contributed by atoms with Gasteiger partial charge in [-0.2, -0.15) is 0 Å². The number of carbonyl (C=O) groups is 3. The molecule has 2 aromatic rings. The normalized spacial score (nSPS) is 14.9. The molecule has 0 bridgehead atoms. The third kappa shape index (κ3) is 7.07. The lowest BCUT2D eigenvalue weighted by atomic mass is 9.98. The van der Waals surface area contributed by atoms with E-state index in [9.17, 15) is 14.4 Å². The summed E-state index contributed by atoms with van der Waals surface area (Å²) in [6, 6.07) is 14.2. The van der Waals surface area contributed by atoms with Crippen LogP contribution in [0.15, 0.2) is 48.5 Å². The predicted octanol–water partition coefficient (Wildman–Crippen LogP) is 4.14. The summed E-state index contributed by atoms with van der Waals surface area (Å²) in [5.41, 5.74) is 2.39. The molecular formula is C26H34N4O3. The van der Waals surface area contributed by atoms with Gasteiger partial charge in [0.15, 0.2) is 0 Å². The summed E-state index contributed by atoms with van der Waals surface area (Å²) in [4.78, 5) is 39.4. The second kappa shape index (κ2) is 11.5. The van der Waals surface area contributed by atoms with Crippen LogP contribution in [-0.2, 0) is 4.79 Å². The first-order valence-electron chi connectivity index (χ1n) is 11.7. The van der Waals surface area contributed by atoms with Crippen molar-refractivity contribution in [1.82, 2.24) is 10.2 Å². The summed E-state index contributed by atoms with van der Waals surface area (Å²) in [5.74, 6) is 0.289. The Morgan fingerprint density at radius 1 is 1.00 bits per heavy atom. The summed E-state index contributed by atoms with van der Waals surface area (Å²) in [6.07, 6.45) is 2.91. The first kappa shape index (κ1) is 24.3. The molecule has 1 fully saturated rings. The highest BCUT2D eigenvalue weighted by molar-refractivity contribution is 5.98. The molecular weight excluding hydrogens is 416 g/mol. The first-order chi connectivity index (χ1) is 15.9. The van der Waals surface area contributed by atoms with E-state index in [1.165, 1.54) is 0 Å². The number of hydrogen-bond acceptors (Lipinski definition) is 4. The van der Waals surface area contributed by atoms with Crippen molar-refractivity contribution in [2.75, 3.05) is 30.3 Å². The zero-order valence-corrected chi connectivity index (χ0v) is 19.7. The molecule has 0 radical (unpaired) electrons. The van der Waals surface area contributed by atoms with Gasteiger partial charge in [-0.3, -0.25) is 14.4 Å². The molecule has 0 aromatic heterocycles. The zero-order chi connectivity index (χ0) is 23.8. The van der Waals surface area contributed by atoms with Crippen LogP contribution in [0.4, 0.5) is 11.4 Å². The van der Waals surface area contributed by atoms with Crippen molar-refractivity contribution in [3.63, 3.8) is 0 Å². The molecule has 7 heteroatoms. The van der Waals surface area contributed by atoms with Crippen LogP contribution in [0.5, 0.6) is 0 Å². The lowest BCUT2D eigenvalue weighted by molar-refractivity contribution is -0.114. The van der Waals surface area contributed by atoms with Gasteiger partial charge in [0.25, 0.3) is 11.8 Å². The van der Waals surface area contributed by atoms with Crippen molar-refractivity contribution >= 4 is 29.1 Å². The molecule has 3 N–H and O–H groups in total. The van der Waals surface area contributed by atoms with Gasteiger partial charge >= 0.3 is 0 Å². The van der Waals surface area contributed by atoms with E-state index in [4.69, 9.17) is 0 Å². The summed E-state index contributed by atoms with van der Waals surface area (Å²) in [5, 5.41) is 8.81. The highest BCUT2D eigenvalue weighted by Gasteiger charge is 2.21. The zero-order valence-electron chi connectivity index (χ0n) is 19.7. The van der Waals surface area contributed by atoms with E-state index >= 15 is 0 Å². The fourth-order valence-electron chi connectivity index (χ4n) is 3.69. The van der Waals surface area contributed by atoms with Gasteiger partial charge in [-0.25, -0.2) is 0 Å². The average Bonchev–Trinajstić information content (AvgIpc) is 2.83. The van der Waals surface area contributed by atoms with Crippen LogP contribution in [-0.4, -0.2) is 48.3 Å². The molecule has 1 aliphatic heterocycles. The van der Waals surface area contributed by atoms with Crippen molar-refractivity contribution in [3.05, 3.63) is 59.7 Å². The van der Waals surface area contributed by atoms with Crippen LogP contribution >= 0.6 is 0 Å². The fraction of sp³-hybridized carbons (Fsp3) is 0.423. The second-order valence-electron chi connectivity index (χ2n) is 8.82. The molecule has 176 valence electrons. The summed E-state index contributed by atoms with van der Waals surface area (Å²) in [6.45, 7) is 7.79. The highest BCUT2D eigenvalue weighted by atomic mass is 16.2. The van der Waals surface area contributed by atoms with Crippen molar-refractivity contribution < 1.29 is 14.4 Å². The van der Waals surface area contributed by atoms with Gasteiger partial charge in [0.1, 0.15) is 0 Å². The SMILES string of the molecule is CCC(C)NC(=O)c1cccc(NC(=O)CNc2cccc(C(=O)N3CCC(C)CC3)c2)c1. The standard InChI is InChI=1S/C26H34N4O3/c1-4-19(3)28-25(32)20-7-5-10-23(15-20)29-24(31)17-27-22-9-6-8-21(16-22)26(33)30-13-11-18(2)12-14-30/h5-10,15-16,18-19,27H,4,11-14,17H2,1-3H3,(H,28,32)(H,29,31). The minimum absolute atomic E-state index is 0.0301. The van der Waals surface area contributed by atoms with E-state index in [1.54, 1.807) is 30.3 Å². The van der Waals surface area contributed by atoms with Crippen molar-refractivity contribution in [2.24, 2.45) is 5.92 Å². The number of amides is 3. The molecule has 0 saturated carbocycles. The Morgan fingerprint density at radius 2 is 1.64 bits per heavy atom. The number of nitrogens with one attached hydrogen (secondary N) is 3. The number of carbonyl (C=O) groups excluding carboxylic acids is 3. The smallest absolute Gasteiger partial charge is 0.253 e. The molecule has 1 aliphatic rings. The van der Waals surface area contributed by atoms with Gasteiger partial charge in [0, 0.05) is 41.6 Å². The van der Waals surface area contributed by atoms with E-state index in [2.05, 4.69) is 22.9 Å². The maximum Gasteiger partial charge on any atom is 0.253 e. The number of benzene rings is 2. The Morgan fingerprint density at radius 3 is 2.33 bits per heavy atom. The minimum atomic E-state index is -0.240. The van der Waals surface area contributed by atoms with Crippen LogP contribution in [0.2, 0.25) is 0 Å². The van der Waals surface area contributed by atoms with Gasteiger partial charge in [-0.15, -0.1) is 0 Å². The van der Waals surface area contributed by atoms with E-state index in [-0.39, 0.29) is 30.3 Å². The Balaban J connectivity index is 1.54. The van der Waals surface area contributed by atoms with Crippen LogP contribution < -0.4 is 16.0 Å². The van der Waals surface area contributed by atoms with Gasteiger partial charge in [0.2, 0.25) is 5.91 Å². The van der Waals surface area contributed by atoms with Crippen LogP contribution in [0.3, 0.4) is 0 Å². The Bertz CT molecular complexity index is 983. The molecule has 1 saturated heterocycles. The first-order valence-corrected chi connectivity index (χ1v) is 11.7. The van der Waals surface area contributed by atoms with Crippen molar-refractivity contribution in [1.29, 1.82) is 0 Å². The van der Waals surface area contributed by atoms with Gasteiger partial charge in [0.05, 0.1) is 6.54 Å². The molecule has 3 amide bonds. The fourth-order valence-corrected chi connectivity index (χ4v) is 3.69. The topological polar surface area (TPSA) is 90.5 Å². The molecule has 33 heavy (non-hydrogen) atoms. The van der Waals surface area contributed by atoms with E-state index < -0.39 is 0 Å². The van der Waals surface area contributed by atoms with E-state index in [1.807, 2.05) is 36.9 Å². The summed E-state index contributed by atoms with van der Waals surface area (Å²) < 4.78 is 0. The quantitative estimate of drug-likeness (QED) is 0.564. The number of hydrogen-bond donors (Lipinski definition) is 3. The monoisotopic (exact) mass is 450 g/mol. The Kier molecular flexibility index (Phi) is 8.46.